The van der Waals surface area contributed by atoms with Crippen LogP contribution in [0.3, 0.4) is 0 Å². The molecule has 0 heterocycles. The largest absolute Gasteiger partial charge is 0.480 e. The molecular formula is C11H22N2O5. The zero-order chi connectivity index (χ0) is 14.3. The summed E-state index contributed by atoms with van der Waals surface area (Å²) in [6, 6.07) is -1.64. The van der Waals surface area contributed by atoms with E-state index in [9.17, 15) is 14.7 Å². The fourth-order valence-electron chi connectivity index (χ4n) is 1.38. The lowest BCUT2D eigenvalue weighted by atomic mass is 10.1. The third-order valence-corrected chi connectivity index (χ3v) is 2.18. The van der Waals surface area contributed by atoms with Crippen LogP contribution in [0.4, 0.5) is 4.79 Å². The quantitative estimate of drug-likeness (QED) is 0.594. The van der Waals surface area contributed by atoms with Gasteiger partial charge in [-0.15, -0.1) is 0 Å². The molecule has 1 atom stereocenters. The zero-order valence-corrected chi connectivity index (χ0v) is 11.3. The second-order valence-corrected chi connectivity index (χ2v) is 4.62. The maximum atomic E-state index is 11.8. The van der Waals surface area contributed by atoms with Crippen LogP contribution in [-0.4, -0.2) is 65.6 Å². The topological polar surface area (TPSA) is 99.1 Å². The first-order chi connectivity index (χ1) is 8.21. The number of ether oxygens (including phenoxy) is 1. The van der Waals surface area contributed by atoms with Crippen LogP contribution < -0.4 is 5.32 Å². The second-order valence-electron chi connectivity index (χ2n) is 4.62. The molecule has 3 N–H and O–H groups in total. The molecule has 0 spiro atoms. The number of carboxylic acids is 1. The fraction of sp³-hybridized carbons (Fsp3) is 0.818. The number of aliphatic carboxylic acids is 1. The van der Waals surface area contributed by atoms with Gasteiger partial charge in [0.25, 0.3) is 0 Å². The van der Waals surface area contributed by atoms with Gasteiger partial charge in [0.15, 0.2) is 6.04 Å². The van der Waals surface area contributed by atoms with Crippen molar-refractivity contribution in [1.29, 1.82) is 0 Å². The average molecular weight is 262 g/mol. The Labute approximate surface area is 107 Å². The van der Waals surface area contributed by atoms with Gasteiger partial charge < -0.3 is 25.2 Å². The predicted octanol–water partition coefficient (Wildman–Crippen LogP) is -0.112. The van der Waals surface area contributed by atoms with Gasteiger partial charge in [0, 0.05) is 13.7 Å². The van der Waals surface area contributed by atoms with Gasteiger partial charge in [0.1, 0.15) is 0 Å². The number of methoxy groups -OCH3 is 1. The Bertz CT molecular complexity index is 288. The highest BCUT2D eigenvalue weighted by atomic mass is 16.5. The van der Waals surface area contributed by atoms with Crippen molar-refractivity contribution in [3.05, 3.63) is 0 Å². The molecule has 0 saturated heterocycles. The number of amides is 2. The Kier molecular flexibility index (Phi) is 6.64. The van der Waals surface area contributed by atoms with Gasteiger partial charge in [-0.2, -0.15) is 0 Å². The van der Waals surface area contributed by atoms with Crippen molar-refractivity contribution in [2.45, 2.75) is 32.4 Å². The minimum Gasteiger partial charge on any atom is -0.480 e. The van der Waals surface area contributed by atoms with Gasteiger partial charge >= 0.3 is 12.0 Å². The lowest BCUT2D eigenvalue weighted by molar-refractivity contribution is -0.140. The molecule has 7 nitrogen and oxygen atoms in total. The van der Waals surface area contributed by atoms with Crippen LogP contribution in [-0.2, 0) is 9.53 Å². The van der Waals surface area contributed by atoms with Crippen LogP contribution in [0.25, 0.3) is 0 Å². The number of likely N-dealkylation sites (N-methyl/N-ethyl adjacent to an activating group) is 1. The smallest absolute Gasteiger partial charge is 0.328 e. The Morgan fingerprint density at radius 1 is 1.44 bits per heavy atom. The first kappa shape index (κ1) is 16.7. The Morgan fingerprint density at radius 3 is 2.33 bits per heavy atom. The van der Waals surface area contributed by atoms with Crippen molar-refractivity contribution in [3.63, 3.8) is 0 Å². The van der Waals surface area contributed by atoms with E-state index in [1.165, 1.54) is 12.0 Å². The lowest BCUT2D eigenvalue weighted by Gasteiger charge is -2.29. The van der Waals surface area contributed by atoms with Crippen molar-refractivity contribution in [2.24, 2.45) is 0 Å². The average Bonchev–Trinajstić information content (AvgIpc) is 2.23. The van der Waals surface area contributed by atoms with Crippen molar-refractivity contribution in [2.75, 3.05) is 26.8 Å². The molecule has 0 fully saturated rings. The third-order valence-electron chi connectivity index (χ3n) is 2.18. The summed E-state index contributed by atoms with van der Waals surface area (Å²) in [5.41, 5.74) is -1.03. The second kappa shape index (κ2) is 7.17. The number of hydrogen-bond donors (Lipinski definition) is 3. The van der Waals surface area contributed by atoms with Crippen molar-refractivity contribution >= 4 is 12.0 Å². The molecule has 0 aliphatic rings. The van der Waals surface area contributed by atoms with E-state index in [1.54, 1.807) is 20.8 Å². The molecule has 18 heavy (non-hydrogen) atoms. The van der Waals surface area contributed by atoms with Crippen LogP contribution in [0.15, 0.2) is 0 Å². The van der Waals surface area contributed by atoms with E-state index in [0.29, 0.717) is 6.54 Å². The molecule has 7 heteroatoms. The molecule has 106 valence electrons. The minimum absolute atomic E-state index is 0.110. The predicted molar refractivity (Wildman–Crippen MR) is 65.4 cm³/mol. The first-order valence-corrected chi connectivity index (χ1v) is 5.70. The number of aliphatic hydroxyl groups is 1. The molecule has 0 aliphatic heterocycles. The number of carboxylic acid groups (broad SMARTS) is 1. The number of hydrogen-bond acceptors (Lipinski definition) is 4. The van der Waals surface area contributed by atoms with Gasteiger partial charge in [-0.1, -0.05) is 0 Å². The van der Waals surface area contributed by atoms with Crippen molar-refractivity contribution < 1.29 is 24.5 Å². The molecule has 2 amide bonds. The first-order valence-electron chi connectivity index (χ1n) is 5.70. The van der Waals surface area contributed by atoms with E-state index in [1.807, 2.05) is 0 Å². The molecule has 0 saturated carbocycles. The van der Waals surface area contributed by atoms with E-state index in [2.05, 4.69) is 5.32 Å². The summed E-state index contributed by atoms with van der Waals surface area (Å²) in [6.07, 6.45) is 0. The van der Waals surface area contributed by atoms with Crippen LogP contribution in [0, 0.1) is 0 Å². The van der Waals surface area contributed by atoms with Gasteiger partial charge in [0.2, 0.25) is 0 Å². The van der Waals surface area contributed by atoms with E-state index in [0.717, 1.165) is 0 Å². The molecule has 1 unspecified atom stereocenters. The number of carbonyl (C=O) groups is 2. The third kappa shape index (κ3) is 6.41. The molecular weight excluding hydrogens is 240 g/mol. The highest BCUT2D eigenvalue weighted by Crippen LogP contribution is 2.05. The lowest BCUT2D eigenvalue weighted by Crippen LogP contribution is -2.52. The molecule has 0 aromatic heterocycles. The SMILES string of the molecule is CCN(CC(C)(C)O)C(=O)NC(COC)C(=O)O. The standard InChI is InChI=1S/C11H22N2O5/c1-5-13(7-11(2,3)17)10(16)12-8(6-18-4)9(14)15/h8,17H,5-7H2,1-4H3,(H,12,16)(H,14,15). The number of carbonyl (C=O) groups excluding carboxylic acids is 1. The van der Waals surface area contributed by atoms with E-state index >= 15 is 0 Å². The van der Waals surface area contributed by atoms with Crippen LogP contribution in [0.1, 0.15) is 20.8 Å². The maximum absolute atomic E-state index is 11.8. The Balaban J connectivity index is 4.55. The summed E-state index contributed by atoms with van der Waals surface area (Å²) in [4.78, 5) is 24.0. The van der Waals surface area contributed by atoms with Gasteiger partial charge in [-0.05, 0) is 20.8 Å². The van der Waals surface area contributed by atoms with Crippen LogP contribution in [0.5, 0.6) is 0 Å². The summed E-state index contributed by atoms with van der Waals surface area (Å²) in [5.74, 6) is -1.16. The normalized spacial score (nSPS) is 12.9. The highest BCUT2D eigenvalue weighted by molar-refractivity contribution is 5.82. The summed E-state index contributed by atoms with van der Waals surface area (Å²) in [5, 5.41) is 20.9. The Morgan fingerprint density at radius 2 is 2.00 bits per heavy atom. The Hall–Kier alpha value is -1.34. The summed E-state index contributed by atoms with van der Waals surface area (Å²) in [6.45, 7) is 5.28. The molecule has 0 aliphatic carbocycles. The number of nitrogens with one attached hydrogen (secondary N) is 1. The molecule has 0 aromatic rings. The van der Waals surface area contributed by atoms with Crippen molar-refractivity contribution in [3.8, 4) is 0 Å². The van der Waals surface area contributed by atoms with Crippen LogP contribution in [0.2, 0.25) is 0 Å². The molecule has 0 aromatic carbocycles. The van der Waals surface area contributed by atoms with Crippen LogP contribution >= 0.6 is 0 Å². The number of rotatable bonds is 7. The van der Waals surface area contributed by atoms with Gasteiger partial charge in [-0.3, -0.25) is 0 Å². The van der Waals surface area contributed by atoms with E-state index in [-0.39, 0.29) is 13.2 Å². The zero-order valence-electron chi connectivity index (χ0n) is 11.3. The molecule has 0 bridgehead atoms. The monoisotopic (exact) mass is 262 g/mol. The highest BCUT2D eigenvalue weighted by Gasteiger charge is 2.25. The van der Waals surface area contributed by atoms with Crippen molar-refractivity contribution in [1.82, 2.24) is 10.2 Å². The molecule has 0 radical (unpaired) electrons. The maximum Gasteiger partial charge on any atom is 0.328 e. The number of nitrogens with zero attached hydrogens (tertiary/aromatic N) is 1. The molecule has 0 rings (SSSR count). The number of urea groups is 1. The summed E-state index contributed by atoms with van der Waals surface area (Å²) < 4.78 is 4.72. The fourth-order valence-corrected chi connectivity index (χ4v) is 1.38. The minimum atomic E-state index is -1.16. The van der Waals surface area contributed by atoms with E-state index in [4.69, 9.17) is 9.84 Å². The van der Waals surface area contributed by atoms with E-state index < -0.39 is 23.6 Å². The van der Waals surface area contributed by atoms with Gasteiger partial charge in [0.05, 0.1) is 18.8 Å². The van der Waals surface area contributed by atoms with Gasteiger partial charge in [-0.25, -0.2) is 9.59 Å². The summed E-state index contributed by atoms with van der Waals surface area (Å²) >= 11 is 0. The summed E-state index contributed by atoms with van der Waals surface area (Å²) in [7, 11) is 1.36.